The summed E-state index contributed by atoms with van der Waals surface area (Å²) in [5.74, 6) is 0. The predicted octanol–water partition coefficient (Wildman–Crippen LogP) is 1.62. The van der Waals surface area contributed by atoms with E-state index in [1.54, 1.807) is 47.4 Å². The van der Waals surface area contributed by atoms with Gasteiger partial charge in [-0.05, 0) is 43.5 Å². The van der Waals surface area contributed by atoms with Crippen LogP contribution >= 0.6 is 0 Å². The molecule has 4 rings (SSSR count). The number of hydrogen-bond donors (Lipinski definition) is 2. The Morgan fingerprint density at radius 2 is 2.00 bits per heavy atom. The summed E-state index contributed by atoms with van der Waals surface area (Å²) in [7, 11) is -3.67. The summed E-state index contributed by atoms with van der Waals surface area (Å²) < 4.78 is 35.6. The molecule has 0 saturated carbocycles. The maximum atomic E-state index is 12.6. The molecular weight excluding hydrogens is 418 g/mol. The molecule has 1 saturated heterocycles. The second-order valence-corrected chi connectivity index (χ2v) is 9.21. The summed E-state index contributed by atoms with van der Waals surface area (Å²) in [5.41, 5.74) is 1.65. The van der Waals surface area contributed by atoms with E-state index in [2.05, 4.69) is 20.0 Å². The molecule has 0 amide bonds. The highest BCUT2D eigenvalue weighted by atomic mass is 32.2. The van der Waals surface area contributed by atoms with Gasteiger partial charge in [0, 0.05) is 24.5 Å². The molecule has 0 radical (unpaired) electrons. The first-order chi connectivity index (χ1) is 15.0. The van der Waals surface area contributed by atoms with Gasteiger partial charge in [0.1, 0.15) is 5.69 Å². The van der Waals surface area contributed by atoms with Gasteiger partial charge < -0.3 is 9.84 Å². The lowest BCUT2D eigenvalue weighted by molar-refractivity contribution is -0.0891. The van der Waals surface area contributed by atoms with Gasteiger partial charge in [0.25, 0.3) is 0 Å². The second-order valence-electron chi connectivity index (χ2n) is 7.49. The fourth-order valence-electron chi connectivity index (χ4n) is 3.68. The molecule has 164 valence electrons. The van der Waals surface area contributed by atoms with Crippen molar-refractivity contribution in [3.8, 4) is 11.3 Å². The average Bonchev–Trinajstić information content (AvgIpc) is 3.28. The number of aliphatic hydroxyl groups is 1. The zero-order valence-corrected chi connectivity index (χ0v) is 17.7. The Balaban J connectivity index is 1.32. The number of rotatable bonds is 8. The Hall–Kier alpha value is -2.66. The minimum Gasteiger partial charge on any atom is -0.394 e. The molecular formula is C21H25N5O4S. The SMILES string of the molecule is O=S(=O)(N[C@@H]1CC[C@@H](CCn2cc(-c3cccnc3)nn2)O[C@H]1CO)c1ccccc1. The van der Waals surface area contributed by atoms with Crippen LogP contribution in [0.15, 0.2) is 66.0 Å². The molecule has 3 heterocycles. The van der Waals surface area contributed by atoms with Crippen molar-refractivity contribution in [2.24, 2.45) is 0 Å². The van der Waals surface area contributed by atoms with Gasteiger partial charge in [-0.15, -0.1) is 5.10 Å². The molecule has 31 heavy (non-hydrogen) atoms. The Bertz CT molecular complexity index is 1080. The third-order valence-electron chi connectivity index (χ3n) is 5.33. The highest BCUT2D eigenvalue weighted by Gasteiger charge is 2.33. The lowest BCUT2D eigenvalue weighted by Crippen LogP contribution is -2.50. The highest BCUT2D eigenvalue weighted by molar-refractivity contribution is 7.89. The molecule has 2 N–H and O–H groups in total. The number of nitrogens with one attached hydrogen (secondary N) is 1. The monoisotopic (exact) mass is 443 g/mol. The summed E-state index contributed by atoms with van der Waals surface area (Å²) >= 11 is 0. The van der Waals surface area contributed by atoms with Crippen LogP contribution in [-0.2, 0) is 21.3 Å². The summed E-state index contributed by atoms with van der Waals surface area (Å²) in [6.45, 7) is 0.351. The van der Waals surface area contributed by atoms with Crippen molar-refractivity contribution in [2.75, 3.05) is 6.61 Å². The summed E-state index contributed by atoms with van der Waals surface area (Å²) in [6.07, 6.45) is 6.56. The summed E-state index contributed by atoms with van der Waals surface area (Å²) in [5, 5.41) is 18.1. The summed E-state index contributed by atoms with van der Waals surface area (Å²) in [4.78, 5) is 4.29. The van der Waals surface area contributed by atoms with E-state index >= 15 is 0 Å². The Morgan fingerprint density at radius 3 is 2.74 bits per heavy atom. The molecule has 0 bridgehead atoms. The van der Waals surface area contributed by atoms with E-state index in [0.717, 1.165) is 11.3 Å². The maximum absolute atomic E-state index is 12.6. The number of aryl methyl sites for hydroxylation is 1. The van der Waals surface area contributed by atoms with Gasteiger partial charge in [-0.3, -0.25) is 9.67 Å². The van der Waals surface area contributed by atoms with Crippen molar-refractivity contribution < 1.29 is 18.3 Å². The number of ether oxygens (including phenoxy) is 1. The number of aromatic nitrogens is 4. The third-order valence-corrected chi connectivity index (χ3v) is 6.84. The highest BCUT2D eigenvalue weighted by Crippen LogP contribution is 2.24. The van der Waals surface area contributed by atoms with Gasteiger partial charge in [0.2, 0.25) is 10.0 Å². The van der Waals surface area contributed by atoms with Crippen LogP contribution in [0.1, 0.15) is 19.3 Å². The lowest BCUT2D eigenvalue weighted by Gasteiger charge is -2.36. The molecule has 0 spiro atoms. The zero-order valence-electron chi connectivity index (χ0n) is 16.9. The fraction of sp³-hybridized carbons (Fsp3) is 0.381. The average molecular weight is 444 g/mol. The molecule has 1 aliphatic heterocycles. The van der Waals surface area contributed by atoms with Crippen LogP contribution in [0.2, 0.25) is 0 Å². The van der Waals surface area contributed by atoms with Crippen LogP contribution in [0, 0.1) is 0 Å². The van der Waals surface area contributed by atoms with Gasteiger partial charge in [-0.2, -0.15) is 0 Å². The van der Waals surface area contributed by atoms with Crippen molar-refractivity contribution >= 4 is 10.0 Å². The Kier molecular flexibility index (Phi) is 6.71. The van der Waals surface area contributed by atoms with Crippen molar-refractivity contribution in [3.63, 3.8) is 0 Å². The first-order valence-electron chi connectivity index (χ1n) is 10.2. The van der Waals surface area contributed by atoms with Gasteiger partial charge >= 0.3 is 0 Å². The van der Waals surface area contributed by atoms with E-state index in [-0.39, 0.29) is 17.6 Å². The van der Waals surface area contributed by atoms with Crippen LogP contribution in [-0.4, -0.2) is 58.4 Å². The molecule has 0 aliphatic carbocycles. The number of nitrogens with zero attached hydrogens (tertiary/aromatic N) is 4. The molecule has 9 nitrogen and oxygen atoms in total. The van der Waals surface area contributed by atoms with Gasteiger partial charge in [-0.1, -0.05) is 23.4 Å². The van der Waals surface area contributed by atoms with Gasteiger partial charge in [0.05, 0.1) is 35.9 Å². The number of hydrogen-bond acceptors (Lipinski definition) is 7. The summed E-state index contributed by atoms with van der Waals surface area (Å²) in [6, 6.07) is 11.5. The van der Waals surface area contributed by atoms with E-state index in [4.69, 9.17) is 4.74 Å². The normalized spacial score (nSPS) is 21.8. The van der Waals surface area contributed by atoms with Crippen molar-refractivity contribution in [3.05, 3.63) is 61.1 Å². The smallest absolute Gasteiger partial charge is 0.240 e. The first kappa shape index (κ1) is 21.6. The van der Waals surface area contributed by atoms with Crippen molar-refractivity contribution in [1.29, 1.82) is 0 Å². The molecule has 1 fully saturated rings. The van der Waals surface area contributed by atoms with Crippen LogP contribution in [0.3, 0.4) is 0 Å². The van der Waals surface area contributed by atoms with Gasteiger partial charge in [0.15, 0.2) is 0 Å². The Labute approximate surface area is 181 Å². The first-order valence-corrected chi connectivity index (χ1v) is 11.7. The molecule has 2 aromatic heterocycles. The van der Waals surface area contributed by atoms with Crippen LogP contribution < -0.4 is 4.72 Å². The molecule has 10 heteroatoms. The van der Waals surface area contributed by atoms with Crippen LogP contribution in [0.25, 0.3) is 11.3 Å². The van der Waals surface area contributed by atoms with E-state index in [0.29, 0.717) is 25.8 Å². The number of benzene rings is 1. The number of sulfonamides is 1. The number of aliphatic hydroxyl groups excluding tert-OH is 1. The topological polar surface area (TPSA) is 119 Å². The quantitative estimate of drug-likeness (QED) is 0.543. The molecule has 0 unspecified atom stereocenters. The van der Waals surface area contributed by atoms with Crippen LogP contribution in [0.4, 0.5) is 0 Å². The molecule has 1 aliphatic rings. The van der Waals surface area contributed by atoms with E-state index in [1.807, 2.05) is 18.3 Å². The number of pyridine rings is 1. The van der Waals surface area contributed by atoms with Crippen molar-refractivity contribution in [2.45, 2.75) is 49.0 Å². The van der Waals surface area contributed by atoms with E-state index < -0.39 is 22.2 Å². The van der Waals surface area contributed by atoms with Crippen LogP contribution in [0.5, 0.6) is 0 Å². The molecule has 1 aromatic carbocycles. The maximum Gasteiger partial charge on any atom is 0.240 e. The third kappa shape index (κ3) is 5.34. The Morgan fingerprint density at radius 1 is 1.16 bits per heavy atom. The second kappa shape index (κ2) is 9.65. The standard InChI is InChI=1S/C21H25N5O4S/c27-15-21-19(24-31(28,29)18-6-2-1-3-7-18)9-8-17(30-21)10-12-26-14-20(23-25-26)16-5-4-11-22-13-16/h1-7,11,13-14,17,19,21,24,27H,8-10,12,15H2/t17-,19+,21-/m0/s1. The minimum atomic E-state index is -3.67. The lowest BCUT2D eigenvalue weighted by atomic mass is 9.98. The minimum absolute atomic E-state index is 0.0966. The zero-order chi connectivity index (χ0) is 21.7. The van der Waals surface area contributed by atoms with Gasteiger partial charge in [-0.25, -0.2) is 13.1 Å². The van der Waals surface area contributed by atoms with E-state index in [1.165, 1.54) is 0 Å². The largest absolute Gasteiger partial charge is 0.394 e. The fourth-order valence-corrected chi connectivity index (χ4v) is 5.00. The van der Waals surface area contributed by atoms with E-state index in [9.17, 15) is 13.5 Å². The molecule has 3 aromatic rings. The predicted molar refractivity (Wildman–Crippen MR) is 113 cm³/mol. The molecule has 3 atom stereocenters. The van der Waals surface area contributed by atoms with Crippen molar-refractivity contribution in [1.82, 2.24) is 24.7 Å².